The highest BCUT2D eigenvalue weighted by molar-refractivity contribution is 5.56. The van der Waals surface area contributed by atoms with Crippen LogP contribution in [0.25, 0.3) is 11.5 Å². The smallest absolute Gasteiger partial charge is 0.293 e. The minimum Gasteiger partial charge on any atom is -0.464 e. The van der Waals surface area contributed by atoms with Crippen molar-refractivity contribution < 1.29 is 18.3 Å². The Labute approximate surface area is 186 Å². The first-order valence-electron chi connectivity index (χ1n) is 11.4. The molecule has 2 fully saturated rings. The monoisotopic (exact) mass is 432 g/mol. The molecule has 5 nitrogen and oxygen atoms in total. The largest absolute Gasteiger partial charge is 0.464 e. The number of oxazole rings is 1. The molecule has 3 aliphatic rings. The number of carbonyl (C=O) groups is 1. The van der Waals surface area contributed by atoms with Crippen molar-refractivity contribution in [3.05, 3.63) is 76.9 Å². The van der Waals surface area contributed by atoms with Gasteiger partial charge in [-0.3, -0.25) is 9.69 Å². The van der Waals surface area contributed by atoms with Gasteiger partial charge in [-0.05, 0) is 41.5 Å². The highest BCUT2D eigenvalue weighted by Gasteiger charge is 2.41. The molecule has 0 N–H and O–H groups in total. The predicted molar refractivity (Wildman–Crippen MR) is 117 cm³/mol. The van der Waals surface area contributed by atoms with Gasteiger partial charge in [0, 0.05) is 44.0 Å². The van der Waals surface area contributed by atoms with Crippen LogP contribution >= 0.6 is 0 Å². The molecular weight excluding hydrogens is 407 g/mol. The lowest BCUT2D eigenvalue weighted by molar-refractivity contribution is -0.141. The molecule has 0 amide bonds. The Morgan fingerprint density at radius 1 is 1.09 bits per heavy atom. The van der Waals surface area contributed by atoms with Gasteiger partial charge < -0.3 is 9.15 Å². The van der Waals surface area contributed by atoms with Crippen LogP contribution in [-0.2, 0) is 22.5 Å². The van der Waals surface area contributed by atoms with Gasteiger partial charge in [0.05, 0.1) is 5.69 Å². The lowest BCUT2D eigenvalue weighted by Gasteiger charge is -2.42. The van der Waals surface area contributed by atoms with E-state index in [0.29, 0.717) is 29.9 Å². The summed E-state index contributed by atoms with van der Waals surface area (Å²) in [4.78, 5) is 17.5. The average molecular weight is 432 g/mol. The standard InChI is InChI=1S/C26H25FN2O3/c27-23-10-17(6-7-20(23)22-13-21(22)16-4-2-1-3-5-16)26-28-24-14-29(9-8-25(24)32-26)18-11-19(12-18)31-15-30/h1-7,10,15,18-19,21-22H,8-9,11-14H2. The Kier molecular flexibility index (Phi) is 4.83. The minimum atomic E-state index is -0.181. The van der Waals surface area contributed by atoms with Gasteiger partial charge in [-0.1, -0.05) is 36.4 Å². The third-order valence-electron chi connectivity index (χ3n) is 7.26. The summed E-state index contributed by atoms with van der Waals surface area (Å²) in [6.45, 7) is 2.16. The topological polar surface area (TPSA) is 55.6 Å². The van der Waals surface area contributed by atoms with Crippen LogP contribution in [0.1, 0.15) is 53.7 Å². The van der Waals surface area contributed by atoms with Crippen molar-refractivity contribution in [2.24, 2.45) is 0 Å². The molecule has 2 unspecified atom stereocenters. The number of rotatable bonds is 6. The van der Waals surface area contributed by atoms with Crippen LogP contribution < -0.4 is 0 Å². The Balaban J connectivity index is 1.15. The Bertz CT molecular complexity index is 1140. The normalized spacial score (nSPS) is 26.8. The highest BCUT2D eigenvalue weighted by Crippen LogP contribution is 2.55. The molecule has 2 aromatic carbocycles. The number of carbonyl (C=O) groups excluding carboxylic acids is 1. The molecule has 3 aromatic rings. The molecule has 2 aliphatic carbocycles. The van der Waals surface area contributed by atoms with E-state index in [1.165, 1.54) is 5.56 Å². The number of hydrogen-bond acceptors (Lipinski definition) is 5. The van der Waals surface area contributed by atoms with Crippen LogP contribution in [0.5, 0.6) is 0 Å². The number of nitrogens with zero attached hydrogens (tertiary/aromatic N) is 2. The molecule has 6 heteroatoms. The number of ether oxygens (including phenoxy) is 1. The molecular formula is C26H25FN2O3. The van der Waals surface area contributed by atoms with Gasteiger partial charge in [-0.2, -0.15) is 0 Å². The van der Waals surface area contributed by atoms with E-state index in [1.807, 2.05) is 30.3 Å². The summed E-state index contributed by atoms with van der Waals surface area (Å²) in [6, 6.07) is 16.1. The van der Waals surface area contributed by atoms with E-state index in [0.717, 1.165) is 55.8 Å². The van der Waals surface area contributed by atoms with E-state index in [-0.39, 0.29) is 17.8 Å². The lowest BCUT2D eigenvalue weighted by Crippen LogP contribution is -2.49. The van der Waals surface area contributed by atoms with Crippen molar-refractivity contribution in [1.29, 1.82) is 0 Å². The molecule has 164 valence electrons. The molecule has 1 aliphatic heterocycles. The van der Waals surface area contributed by atoms with E-state index in [4.69, 9.17) is 14.1 Å². The maximum atomic E-state index is 15.0. The molecule has 1 aromatic heterocycles. The van der Waals surface area contributed by atoms with Gasteiger partial charge in [0.15, 0.2) is 0 Å². The molecule has 2 saturated carbocycles. The summed E-state index contributed by atoms with van der Waals surface area (Å²) in [5.74, 6) is 1.85. The van der Waals surface area contributed by atoms with Gasteiger partial charge in [0.2, 0.25) is 5.89 Å². The summed E-state index contributed by atoms with van der Waals surface area (Å²) < 4.78 is 26.1. The molecule has 0 bridgehead atoms. The van der Waals surface area contributed by atoms with Crippen molar-refractivity contribution in [3.63, 3.8) is 0 Å². The number of hydrogen-bond donors (Lipinski definition) is 0. The predicted octanol–water partition coefficient (Wildman–Crippen LogP) is 4.81. The Hall–Kier alpha value is -2.99. The van der Waals surface area contributed by atoms with E-state index in [1.54, 1.807) is 6.07 Å². The number of fused-ring (bicyclic) bond motifs is 1. The summed E-state index contributed by atoms with van der Waals surface area (Å²) in [5, 5.41) is 0. The van der Waals surface area contributed by atoms with Gasteiger partial charge >= 0.3 is 0 Å². The highest BCUT2D eigenvalue weighted by atomic mass is 19.1. The van der Waals surface area contributed by atoms with E-state index in [2.05, 4.69) is 17.0 Å². The third kappa shape index (κ3) is 3.52. The molecule has 0 radical (unpaired) electrons. The van der Waals surface area contributed by atoms with E-state index < -0.39 is 0 Å². The van der Waals surface area contributed by atoms with E-state index >= 15 is 4.39 Å². The summed E-state index contributed by atoms with van der Waals surface area (Å²) in [5.41, 5.74) is 3.68. The second-order valence-corrected chi connectivity index (χ2v) is 9.18. The van der Waals surface area contributed by atoms with Crippen molar-refractivity contribution in [2.45, 2.75) is 56.2 Å². The molecule has 6 rings (SSSR count). The zero-order valence-corrected chi connectivity index (χ0v) is 17.7. The van der Waals surface area contributed by atoms with Crippen LogP contribution in [0, 0.1) is 5.82 Å². The number of halogens is 1. The number of aromatic nitrogens is 1. The first-order chi connectivity index (χ1) is 15.7. The van der Waals surface area contributed by atoms with Gasteiger partial charge in [-0.15, -0.1) is 0 Å². The zero-order valence-electron chi connectivity index (χ0n) is 17.7. The van der Waals surface area contributed by atoms with Crippen LogP contribution in [0.3, 0.4) is 0 Å². The molecule has 0 saturated heterocycles. The first-order valence-corrected chi connectivity index (χ1v) is 11.4. The third-order valence-corrected chi connectivity index (χ3v) is 7.26. The molecule has 32 heavy (non-hydrogen) atoms. The van der Waals surface area contributed by atoms with Crippen LogP contribution in [-0.4, -0.2) is 35.0 Å². The van der Waals surface area contributed by atoms with Gasteiger partial charge in [-0.25, -0.2) is 9.37 Å². The minimum absolute atomic E-state index is 0.0428. The van der Waals surface area contributed by atoms with Crippen molar-refractivity contribution in [2.75, 3.05) is 6.54 Å². The summed E-state index contributed by atoms with van der Waals surface area (Å²) in [6.07, 6.45) is 3.57. The lowest BCUT2D eigenvalue weighted by atomic mass is 9.87. The zero-order chi connectivity index (χ0) is 21.7. The Morgan fingerprint density at radius 3 is 2.72 bits per heavy atom. The molecule has 0 spiro atoms. The van der Waals surface area contributed by atoms with Gasteiger partial charge in [0.25, 0.3) is 6.47 Å². The fourth-order valence-corrected chi connectivity index (χ4v) is 5.25. The van der Waals surface area contributed by atoms with Gasteiger partial charge in [0.1, 0.15) is 17.7 Å². The summed E-state index contributed by atoms with van der Waals surface area (Å²) in [7, 11) is 0. The fraction of sp³-hybridized carbons (Fsp3) is 0.385. The quantitative estimate of drug-likeness (QED) is 0.523. The Morgan fingerprint density at radius 2 is 1.94 bits per heavy atom. The van der Waals surface area contributed by atoms with Crippen LogP contribution in [0.15, 0.2) is 52.9 Å². The fourth-order valence-electron chi connectivity index (χ4n) is 5.25. The average Bonchev–Trinajstić information content (AvgIpc) is 3.46. The van der Waals surface area contributed by atoms with Crippen molar-refractivity contribution in [1.82, 2.24) is 9.88 Å². The van der Waals surface area contributed by atoms with Crippen LogP contribution in [0.2, 0.25) is 0 Å². The first kappa shape index (κ1) is 19.7. The van der Waals surface area contributed by atoms with Crippen molar-refractivity contribution >= 4 is 6.47 Å². The molecule has 2 heterocycles. The SMILES string of the molecule is O=COC1CC(N2CCc3oc(-c4ccc(C5CC5c5ccccc5)c(F)c4)nc3C2)C1. The van der Waals surface area contributed by atoms with E-state index in [9.17, 15) is 4.79 Å². The van der Waals surface area contributed by atoms with Crippen molar-refractivity contribution in [3.8, 4) is 11.5 Å². The second kappa shape index (κ2) is 7.85. The molecule has 2 atom stereocenters. The van der Waals surface area contributed by atoms with Crippen LogP contribution in [0.4, 0.5) is 4.39 Å². The maximum Gasteiger partial charge on any atom is 0.293 e. The maximum absolute atomic E-state index is 15.0. The number of benzene rings is 2. The second-order valence-electron chi connectivity index (χ2n) is 9.18. The summed E-state index contributed by atoms with van der Waals surface area (Å²) >= 11 is 0.